The fraction of sp³-hybridized carbons (Fsp3) is 0.133. The van der Waals surface area contributed by atoms with Gasteiger partial charge in [0.1, 0.15) is 5.82 Å². The highest BCUT2D eigenvalue weighted by atomic mass is 79.9. The summed E-state index contributed by atoms with van der Waals surface area (Å²) in [5, 5.41) is 11.8. The molecule has 0 radical (unpaired) electrons. The molecular formula is C15H12BrFN2. The van der Waals surface area contributed by atoms with Gasteiger partial charge in [-0.1, -0.05) is 34.1 Å². The Balaban J connectivity index is 2.00. The highest BCUT2D eigenvalue weighted by molar-refractivity contribution is 9.10. The Bertz CT molecular complexity index is 603. The van der Waals surface area contributed by atoms with E-state index in [0.717, 1.165) is 21.3 Å². The number of nitriles is 1. The van der Waals surface area contributed by atoms with Crippen LogP contribution in [-0.4, -0.2) is 0 Å². The number of hydrogen-bond donors (Lipinski definition) is 1. The molecule has 2 rings (SSSR count). The normalized spacial score (nSPS) is 9.95. The SMILES string of the molecule is N#CCc1ccc(NCc2ccc(F)cc2Br)cc1. The van der Waals surface area contributed by atoms with Gasteiger partial charge in [-0.05, 0) is 35.4 Å². The molecule has 2 nitrogen and oxygen atoms in total. The summed E-state index contributed by atoms with van der Waals surface area (Å²) in [5.41, 5.74) is 2.96. The van der Waals surface area contributed by atoms with Crippen molar-refractivity contribution in [2.45, 2.75) is 13.0 Å². The first-order valence-electron chi connectivity index (χ1n) is 5.83. The maximum absolute atomic E-state index is 13.0. The number of nitrogens with zero attached hydrogens (tertiary/aromatic N) is 1. The van der Waals surface area contributed by atoms with Gasteiger partial charge in [0.2, 0.25) is 0 Å². The van der Waals surface area contributed by atoms with Crippen LogP contribution in [0.3, 0.4) is 0 Å². The molecule has 2 aromatic rings. The van der Waals surface area contributed by atoms with Crippen molar-refractivity contribution >= 4 is 21.6 Å². The summed E-state index contributed by atoms with van der Waals surface area (Å²) in [4.78, 5) is 0. The molecule has 0 saturated heterocycles. The lowest BCUT2D eigenvalue weighted by Crippen LogP contribution is -2.00. The highest BCUT2D eigenvalue weighted by Crippen LogP contribution is 2.19. The highest BCUT2D eigenvalue weighted by Gasteiger charge is 2.01. The van der Waals surface area contributed by atoms with E-state index in [1.807, 2.05) is 24.3 Å². The summed E-state index contributed by atoms with van der Waals surface area (Å²) in [7, 11) is 0. The topological polar surface area (TPSA) is 35.8 Å². The van der Waals surface area contributed by atoms with Crippen molar-refractivity contribution in [3.8, 4) is 6.07 Å². The molecule has 1 N–H and O–H groups in total. The minimum Gasteiger partial charge on any atom is -0.381 e. The van der Waals surface area contributed by atoms with Crippen LogP contribution in [0.2, 0.25) is 0 Å². The molecule has 0 saturated carbocycles. The molecule has 0 unspecified atom stereocenters. The maximum atomic E-state index is 13.0. The van der Waals surface area contributed by atoms with Crippen molar-refractivity contribution in [3.05, 3.63) is 63.9 Å². The van der Waals surface area contributed by atoms with Crippen LogP contribution in [0.25, 0.3) is 0 Å². The molecule has 19 heavy (non-hydrogen) atoms. The van der Waals surface area contributed by atoms with E-state index in [2.05, 4.69) is 27.3 Å². The third-order valence-corrected chi connectivity index (χ3v) is 3.47. The summed E-state index contributed by atoms with van der Waals surface area (Å²) >= 11 is 3.34. The van der Waals surface area contributed by atoms with Crippen LogP contribution in [0.4, 0.5) is 10.1 Å². The maximum Gasteiger partial charge on any atom is 0.124 e. The summed E-state index contributed by atoms with van der Waals surface area (Å²) in [6, 6.07) is 14.5. The Hall–Kier alpha value is -1.86. The monoisotopic (exact) mass is 318 g/mol. The van der Waals surface area contributed by atoms with Gasteiger partial charge in [0, 0.05) is 16.7 Å². The van der Waals surface area contributed by atoms with Crippen LogP contribution in [0.15, 0.2) is 46.9 Å². The number of anilines is 1. The second-order valence-corrected chi connectivity index (χ2v) is 4.98. The van der Waals surface area contributed by atoms with E-state index in [1.165, 1.54) is 12.1 Å². The molecule has 0 spiro atoms. The van der Waals surface area contributed by atoms with E-state index in [1.54, 1.807) is 6.07 Å². The lowest BCUT2D eigenvalue weighted by atomic mass is 10.1. The van der Waals surface area contributed by atoms with Crippen LogP contribution in [0, 0.1) is 17.1 Å². The molecule has 0 aliphatic heterocycles. The molecule has 96 valence electrons. The largest absolute Gasteiger partial charge is 0.381 e. The van der Waals surface area contributed by atoms with Gasteiger partial charge in [0.25, 0.3) is 0 Å². The standard InChI is InChI=1S/C15H12BrFN2/c16-15-9-13(17)4-3-12(15)10-19-14-5-1-11(2-6-14)7-8-18/h1-6,9,19H,7,10H2. The number of nitrogens with one attached hydrogen (secondary N) is 1. The molecule has 0 aliphatic carbocycles. The average molecular weight is 319 g/mol. The lowest BCUT2D eigenvalue weighted by Gasteiger charge is -2.08. The van der Waals surface area contributed by atoms with Gasteiger partial charge in [-0.25, -0.2) is 4.39 Å². The molecule has 0 bridgehead atoms. The zero-order chi connectivity index (χ0) is 13.7. The molecular weight excluding hydrogens is 307 g/mol. The van der Waals surface area contributed by atoms with Crippen molar-refractivity contribution in [2.75, 3.05) is 5.32 Å². The van der Waals surface area contributed by atoms with Crippen LogP contribution < -0.4 is 5.32 Å². The first kappa shape index (κ1) is 13.6. The van der Waals surface area contributed by atoms with Crippen molar-refractivity contribution in [1.82, 2.24) is 0 Å². The van der Waals surface area contributed by atoms with Gasteiger partial charge < -0.3 is 5.32 Å². The fourth-order valence-corrected chi connectivity index (χ4v) is 2.19. The first-order chi connectivity index (χ1) is 9.19. The number of benzene rings is 2. The quantitative estimate of drug-likeness (QED) is 0.914. The molecule has 0 amide bonds. The predicted octanol–water partition coefficient (Wildman–Crippen LogP) is 4.27. The van der Waals surface area contributed by atoms with Gasteiger partial charge in [0.05, 0.1) is 12.5 Å². The first-order valence-corrected chi connectivity index (χ1v) is 6.62. The number of halogens is 2. The summed E-state index contributed by atoms with van der Waals surface area (Å²) < 4.78 is 13.7. The molecule has 0 aliphatic rings. The Labute approximate surface area is 120 Å². The van der Waals surface area contributed by atoms with Crippen LogP contribution in [-0.2, 0) is 13.0 Å². The van der Waals surface area contributed by atoms with Gasteiger partial charge in [0.15, 0.2) is 0 Å². The van der Waals surface area contributed by atoms with Crippen LogP contribution >= 0.6 is 15.9 Å². The molecule has 0 atom stereocenters. The number of rotatable bonds is 4. The Morgan fingerprint density at radius 2 is 1.89 bits per heavy atom. The Kier molecular flexibility index (Phi) is 4.53. The predicted molar refractivity (Wildman–Crippen MR) is 77.2 cm³/mol. The van der Waals surface area contributed by atoms with Crippen LogP contribution in [0.1, 0.15) is 11.1 Å². The minimum absolute atomic E-state index is 0.253. The van der Waals surface area contributed by atoms with Crippen molar-refractivity contribution in [1.29, 1.82) is 5.26 Å². The lowest BCUT2D eigenvalue weighted by molar-refractivity contribution is 0.626. The molecule has 4 heteroatoms. The molecule has 2 aromatic carbocycles. The van der Waals surface area contributed by atoms with Crippen LogP contribution in [0.5, 0.6) is 0 Å². The molecule has 0 fully saturated rings. The zero-order valence-corrected chi connectivity index (χ0v) is 11.7. The third kappa shape index (κ3) is 3.80. The van der Waals surface area contributed by atoms with E-state index < -0.39 is 0 Å². The fourth-order valence-electron chi connectivity index (χ4n) is 1.69. The number of hydrogen-bond acceptors (Lipinski definition) is 2. The minimum atomic E-state index is -0.253. The van der Waals surface area contributed by atoms with Crippen molar-refractivity contribution in [3.63, 3.8) is 0 Å². The summed E-state index contributed by atoms with van der Waals surface area (Å²) in [6.45, 7) is 0.610. The molecule has 0 heterocycles. The Morgan fingerprint density at radius 1 is 1.16 bits per heavy atom. The Morgan fingerprint density at radius 3 is 2.53 bits per heavy atom. The smallest absolute Gasteiger partial charge is 0.124 e. The zero-order valence-electron chi connectivity index (χ0n) is 10.2. The van der Waals surface area contributed by atoms with Gasteiger partial charge in [-0.15, -0.1) is 0 Å². The van der Waals surface area contributed by atoms with Crippen molar-refractivity contribution < 1.29 is 4.39 Å². The summed E-state index contributed by atoms with van der Waals surface area (Å²) in [6.07, 6.45) is 0.420. The van der Waals surface area contributed by atoms with E-state index in [9.17, 15) is 4.39 Å². The second kappa shape index (κ2) is 6.35. The third-order valence-electron chi connectivity index (χ3n) is 2.74. The van der Waals surface area contributed by atoms with E-state index in [0.29, 0.717) is 13.0 Å². The molecule has 0 aromatic heterocycles. The van der Waals surface area contributed by atoms with Gasteiger partial charge in [-0.3, -0.25) is 0 Å². The summed E-state index contributed by atoms with van der Waals surface area (Å²) in [5.74, 6) is -0.253. The average Bonchev–Trinajstić information content (AvgIpc) is 2.40. The van der Waals surface area contributed by atoms with Gasteiger partial charge in [-0.2, -0.15) is 5.26 Å². The van der Waals surface area contributed by atoms with Gasteiger partial charge >= 0.3 is 0 Å². The van der Waals surface area contributed by atoms with Crippen molar-refractivity contribution in [2.24, 2.45) is 0 Å². The van der Waals surface area contributed by atoms with E-state index in [-0.39, 0.29) is 5.82 Å². The second-order valence-electron chi connectivity index (χ2n) is 4.12. The van der Waals surface area contributed by atoms with E-state index in [4.69, 9.17) is 5.26 Å². The van der Waals surface area contributed by atoms with E-state index >= 15 is 0 Å².